The van der Waals surface area contributed by atoms with Crippen molar-refractivity contribution < 1.29 is 9.92 Å². The first-order valence-corrected chi connectivity index (χ1v) is 4.64. The number of hydrogen-bond donors (Lipinski definition) is 0. The van der Waals surface area contributed by atoms with Crippen molar-refractivity contribution in [3.05, 3.63) is 22.8 Å². The third-order valence-electron chi connectivity index (χ3n) is 1.83. The molecule has 0 aliphatic carbocycles. The van der Waals surface area contributed by atoms with Crippen LogP contribution in [0.2, 0.25) is 0 Å². The zero-order chi connectivity index (χ0) is 10.1. The molecular weight excluding hydrogens is 170 g/mol. The van der Waals surface area contributed by atoms with Crippen LogP contribution in [0.3, 0.4) is 0 Å². The van der Waals surface area contributed by atoms with E-state index in [1.165, 1.54) is 12.5 Å². The molecule has 76 valence electrons. The number of rotatable bonds is 8. The van der Waals surface area contributed by atoms with E-state index in [4.69, 9.17) is 0 Å². The largest absolute Gasteiger partial charge is 0.306 e. The van der Waals surface area contributed by atoms with Crippen LogP contribution < -0.4 is 0 Å². The van der Waals surface area contributed by atoms with Gasteiger partial charge in [-0.15, -0.1) is 16.7 Å². The summed E-state index contributed by atoms with van der Waals surface area (Å²) in [6.07, 6.45) is 6.11. The molecule has 0 aromatic heterocycles. The van der Waals surface area contributed by atoms with Gasteiger partial charge in [0.15, 0.2) is 0 Å². The standard InChI is InChI=1S/C9H17NO3/c1-3-5-6-7-8-9(4-2)13-10(11)12/h4,9H,2-3,5-8H2,1H3. The highest BCUT2D eigenvalue weighted by Crippen LogP contribution is 2.08. The summed E-state index contributed by atoms with van der Waals surface area (Å²) < 4.78 is 0. The van der Waals surface area contributed by atoms with E-state index in [0.717, 1.165) is 19.3 Å². The molecule has 0 spiro atoms. The second-order valence-corrected chi connectivity index (χ2v) is 2.95. The van der Waals surface area contributed by atoms with E-state index in [9.17, 15) is 10.1 Å². The lowest BCUT2D eigenvalue weighted by atomic mass is 10.1. The zero-order valence-corrected chi connectivity index (χ0v) is 8.07. The lowest BCUT2D eigenvalue weighted by Gasteiger charge is -2.08. The van der Waals surface area contributed by atoms with E-state index >= 15 is 0 Å². The predicted octanol–water partition coefficient (Wildman–Crippen LogP) is 2.72. The lowest BCUT2D eigenvalue weighted by Crippen LogP contribution is -2.14. The molecule has 1 atom stereocenters. The lowest BCUT2D eigenvalue weighted by molar-refractivity contribution is -0.765. The Hall–Kier alpha value is -1.06. The van der Waals surface area contributed by atoms with Crippen LogP contribution >= 0.6 is 0 Å². The fourth-order valence-corrected chi connectivity index (χ4v) is 1.10. The van der Waals surface area contributed by atoms with Crippen LogP contribution in [0.5, 0.6) is 0 Å². The second kappa shape index (κ2) is 7.58. The average Bonchev–Trinajstić information content (AvgIpc) is 2.09. The summed E-state index contributed by atoms with van der Waals surface area (Å²) in [5.41, 5.74) is 0. The van der Waals surface area contributed by atoms with Crippen LogP contribution in [0.1, 0.15) is 39.0 Å². The minimum absolute atomic E-state index is 0.438. The highest BCUT2D eigenvalue weighted by atomic mass is 17.0. The molecule has 0 saturated heterocycles. The Balaban J connectivity index is 3.48. The fourth-order valence-electron chi connectivity index (χ4n) is 1.10. The monoisotopic (exact) mass is 187 g/mol. The Morgan fingerprint density at radius 1 is 1.54 bits per heavy atom. The molecule has 1 unspecified atom stereocenters. The molecule has 0 aromatic carbocycles. The Morgan fingerprint density at radius 3 is 2.69 bits per heavy atom. The van der Waals surface area contributed by atoms with Crippen LogP contribution in [0, 0.1) is 10.1 Å². The molecule has 0 heterocycles. The van der Waals surface area contributed by atoms with Gasteiger partial charge < -0.3 is 4.84 Å². The SMILES string of the molecule is C=CC(CCCCCC)O[N+](=O)[O-]. The molecule has 0 aliphatic rings. The summed E-state index contributed by atoms with van der Waals surface area (Å²) >= 11 is 0. The molecule has 0 amide bonds. The maximum Gasteiger partial charge on any atom is 0.295 e. The van der Waals surface area contributed by atoms with Crippen molar-refractivity contribution >= 4 is 0 Å². The van der Waals surface area contributed by atoms with Gasteiger partial charge in [0.2, 0.25) is 0 Å². The van der Waals surface area contributed by atoms with E-state index in [0.29, 0.717) is 6.42 Å². The van der Waals surface area contributed by atoms with Crippen molar-refractivity contribution in [1.82, 2.24) is 0 Å². The zero-order valence-electron chi connectivity index (χ0n) is 8.07. The van der Waals surface area contributed by atoms with Crippen molar-refractivity contribution in [2.24, 2.45) is 0 Å². The van der Waals surface area contributed by atoms with Crippen molar-refractivity contribution in [3.63, 3.8) is 0 Å². The van der Waals surface area contributed by atoms with Gasteiger partial charge in [-0.25, -0.2) is 0 Å². The van der Waals surface area contributed by atoms with Crippen molar-refractivity contribution in [1.29, 1.82) is 0 Å². The highest BCUT2D eigenvalue weighted by Gasteiger charge is 2.07. The maximum absolute atomic E-state index is 9.99. The summed E-state index contributed by atoms with van der Waals surface area (Å²) in [6.45, 7) is 5.61. The number of unbranched alkanes of at least 4 members (excludes halogenated alkanes) is 3. The Kier molecular flexibility index (Phi) is 6.96. The second-order valence-electron chi connectivity index (χ2n) is 2.95. The smallest absolute Gasteiger partial charge is 0.295 e. The fraction of sp³-hybridized carbons (Fsp3) is 0.778. The van der Waals surface area contributed by atoms with Gasteiger partial charge >= 0.3 is 0 Å². The Morgan fingerprint density at radius 2 is 2.23 bits per heavy atom. The van der Waals surface area contributed by atoms with Crippen LogP contribution in [0.4, 0.5) is 0 Å². The number of nitrogens with zero attached hydrogens (tertiary/aromatic N) is 1. The molecule has 4 nitrogen and oxygen atoms in total. The molecule has 13 heavy (non-hydrogen) atoms. The van der Waals surface area contributed by atoms with Gasteiger partial charge in [0.1, 0.15) is 6.10 Å². The molecule has 0 fully saturated rings. The first-order valence-electron chi connectivity index (χ1n) is 4.64. The van der Waals surface area contributed by atoms with Crippen LogP contribution in [0.15, 0.2) is 12.7 Å². The summed E-state index contributed by atoms with van der Waals surface area (Å²) in [5.74, 6) is 0. The predicted molar refractivity (Wildman–Crippen MR) is 50.8 cm³/mol. The molecule has 0 bridgehead atoms. The first-order chi connectivity index (χ1) is 6.20. The third kappa shape index (κ3) is 7.31. The van der Waals surface area contributed by atoms with E-state index in [1.54, 1.807) is 0 Å². The Bertz CT molecular complexity index is 159. The quantitative estimate of drug-likeness (QED) is 0.254. The van der Waals surface area contributed by atoms with E-state index in [2.05, 4.69) is 18.3 Å². The van der Waals surface area contributed by atoms with Gasteiger partial charge in [-0.05, 0) is 6.42 Å². The van der Waals surface area contributed by atoms with Crippen LogP contribution in [-0.4, -0.2) is 11.2 Å². The van der Waals surface area contributed by atoms with Crippen molar-refractivity contribution in [2.45, 2.75) is 45.1 Å². The average molecular weight is 187 g/mol. The molecule has 0 radical (unpaired) electrons. The normalized spacial score (nSPS) is 12.1. The summed E-state index contributed by atoms with van der Waals surface area (Å²) in [5, 5.41) is 9.24. The van der Waals surface area contributed by atoms with E-state index < -0.39 is 11.2 Å². The summed E-state index contributed by atoms with van der Waals surface area (Å²) in [7, 11) is 0. The third-order valence-corrected chi connectivity index (χ3v) is 1.83. The van der Waals surface area contributed by atoms with Gasteiger partial charge in [-0.1, -0.05) is 38.7 Å². The van der Waals surface area contributed by atoms with E-state index in [-0.39, 0.29) is 0 Å². The topological polar surface area (TPSA) is 52.4 Å². The van der Waals surface area contributed by atoms with Crippen LogP contribution in [-0.2, 0) is 4.84 Å². The summed E-state index contributed by atoms with van der Waals surface area (Å²) in [6, 6.07) is 0. The van der Waals surface area contributed by atoms with Gasteiger partial charge in [-0.3, -0.25) is 0 Å². The minimum atomic E-state index is -0.758. The maximum atomic E-state index is 9.99. The van der Waals surface area contributed by atoms with Gasteiger partial charge in [-0.2, -0.15) is 0 Å². The van der Waals surface area contributed by atoms with E-state index in [1.807, 2.05) is 0 Å². The van der Waals surface area contributed by atoms with Gasteiger partial charge in [0.05, 0.1) is 0 Å². The summed E-state index contributed by atoms with van der Waals surface area (Å²) in [4.78, 5) is 14.4. The molecule has 4 heteroatoms. The Labute approximate surface area is 78.7 Å². The molecule has 0 aromatic rings. The van der Waals surface area contributed by atoms with Crippen LogP contribution in [0.25, 0.3) is 0 Å². The minimum Gasteiger partial charge on any atom is -0.306 e. The highest BCUT2D eigenvalue weighted by molar-refractivity contribution is 4.78. The van der Waals surface area contributed by atoms with Gasteiger partial charge in [0, 0.05) is 0 Å². The molecule has 0 saturated carbocycles. The van der Waals surface area contributed by atoms with Gasteiger partial charge in [0.25, 0.3) is 5.09 Å². The molecular formula is C9H17NO3. The number of hydrogen-bond acceptors (Lipinski definition) is 3. The first kappa shape index (κ1) is 11.9. The molecule has 0 aliphatic heterocycles. The van der Waals surface area contributed by atoms with Crippen molar-refractivity contribution in [2.75, 3.05) is 0 Å². The van der Waals surface area contributed by atoms with Crippen molar-refractivity contribution in [3.8, 4) is 0 Å². The molecule has 0 N–H and O–H groups in total. The molecule has 0 rings (SSSR count).